The Bertz CT molecular complexity index is 509. The van der Waals surface area contributed by atoms with Crippen molar-refractivity contribution >= 4 is 11.6 Å². The normalized spacial score (nSPS) is 17.7. The number of rotatable bonds is 7. The van der Waals surface area contributed by atoms with Gasteiger partial charge in [-0.1, -0.05) is 32.0 Å². The summed E-state index contributed by atoms with van der Waals surface area (Å²) >= 11 is 0. The Labute approximate surface area is 139 Å². The first kappa shape index (κ1) is 17.8. The van der Waals surface area contributed by atoms with Crippen LogP contribution in [0.3, 0.4) is 0 Å². The summed E-state index contributed by atoms with van der Waals surface area (Å²) in [4.78, 5) is 7.13. The van der Waals surface area contributed by atoms with E-state index in [1.54, 1.807) is 7.11 Å². The van der Waals surface area contributed by atoms with E-state index in [0.29, 0.717) is 24.5 Å². The maximum atomic E-state index is 6.10. The van der Waals surface area contributed by atoms with Crippen molar-refractivity contribution in [2.75, 3.05) is 32.1 Å². The highest BCUT2D eigenvalue weighted by Gasteiger charge is 2.24. The molecule has 1 atom stereocenters. The second-order valence-electron chi connectivity index (χ2n) is 6.50. The molecular formula is C18H30N4O. The van der Waals surface area contributed by atoms with Crippen molar-refractivity contribution in [1.82, 2.24) is 4.90 Å². The highest BCUT2D eigenvalue weighted by molar-refractivity contribution is 5.92. The summed E-state index contributed by atoms with van der Waals surface area (Å²) in [7, 11) is 1.69. The molecule has 1 fully saturated rings. The summed E-state index contributed by atoms with van der Waals surface area (Å²) in [6.07, 6.45) is 2.59. The number of likely N-dealkylation sites (tertiary alicyclic amines) is 1. The number of para-hydroxylation sites is 1. The van der Waals surface area contributed by atoms with E-state index in [1.165, 1.54) is 25.9 Å². The van der Waals surface area contributed by atoms with Gasteiger partial charge in [-0.25, -0.2) is 0 Å². The fourth-order valence-electron chi connectivity index (χ4n) is 3.11. The molecule has 128 valence electrons. The standard InChI is InChI=1S/C18H30N4O/c1-14(2)17(22-10-6-7-11-22)12-20-18(19)21-16-9-5-4-8-15(16)13-23-3/h4-5,8-9,14,17H,6-7,10-13H2,1-3H3,(H3,19,20,21). The van der Waals surface area contributed by atoms with Crippen molar-refractivity contribution in [3.63, 3.8) is 0 Å². The molecule has 0 amide bonds. The first-order chi connectivity index (χ1) is 11.1. The molecule has 1 aromatic carbocycles. The van der Waals surface area contributed by atoms with Gasteiger partial charge < -0.3 is 15.8 Å². The van der Waals surface area contributed by atoms with Crippen LogP contribution >= 0.6 is 0 Å². The van der Waals surface area contributed by atoms with Crippen molar-refractivity contribution in [2.24, 2.45) is 16.6 Å². The lowest BCUT2D eigenvalue weighted by Crippen LogP contribution is -2.40. The Morgan fingerprint density at radius 2 is 2.00 bits per heavy atom. The number of benzene rings is 1. The molecule has 0 bridgehead atoms. The van der Waals surface area contributed by atoms with E-state index >= 15 is 0 Å². The second-order valence-corrected chi connectivity index (χ2v) is 6.50. The van der Waals surface area contributed by atoms with Gasteiger partial charge in [-0.3, -0.25) is 9.89 Å². The quantitative estimate of drug-likeness (QED) is 0.599. The highest BCUT2D eigenvalue weighted by Crippen LogP contribution is 2.18. The Balaban J connectivity index is 1.98. The van der Waals surface area contributed by atoms with Crippen molar-refractivity contribution < 1.29 is 4.74 Å². The summed E-state index contributed by atoms with van der Waals surface area (Å²) in [5, 5.41) is 3.21. The van der Waals surface area contributed by atoms with E-state index in [-0.39, 0.29) is 0 Å². The molecule has 1 heterocycles. The zero-order valence-electron chi connectivity index (χ0n) is 14.6. The van der Waals surface area contributed by atoms with Crippen LogP contribution in [0.4, 0.5) is 5.69 Å². The number of nitrogens with one attached hydrogen (secondary N) is 1. The van der Waals surface area contributed by atoms with Gasteiger partial charge in [0.05, 0.1) is 13.2 Å². The van der Waals surface area contributed by atoms with E-state index in [1.807, 2.05) is 24.3 Å². The van der Waals surface area contributed by atoms with Gasteiger partial charge in [0.1, 0.15) is 0 Å². The lowest BCUT2D eigenvalue weighted by molar-refractivity contribution is 0.185. The van der Waals surface area contributed by atoms with Gasteiger partial charge >= 0.3 is 0 Å². The average Bonchev–Trinajstić information content (AvgIpc) is 3.03. The van der Waals surface area contributed by atoms with E-state index in [9.17, 15) is 0 Å². The van der Waals surface area contributed by atoms with Gasteiger partial charge in [-0.15, -0.1) is 0 Å². The van der Waals surface area contributed by atoms with Crippen LogP contribution in [0, 0.1) is 5.92 Å². The van der Waals surface area contributed by atoms with E-state index in [0.717, 1.165) is 17.8 Å². The Morgan fingerprint density at radius 3 is 2.65 bits per heavy atom. The third kappa shape index (κ3) is 5.22. The molecule has 0 saturated carbocycles. The molecule has 5 heteroatoms. The maximum absolute atomic E-state index is 6.10. The topological polar surface area (TPSA) is 62.9 Å². The minimum absolute atomic E-state index is 0.465. The molecule has 0 aromatic heterocycles. The SMILES string of the molecule is COCc1ccccc1NC(N)=NCC(C(C)C)N1CCCC1. The first-order valence-electron chi connectivity index (χ1n) is 8.49. The van der Waals surface area contributed by atoms with Crippen LogP contribution in [0.5, 0.6) is 0 Å². The predicted octanol–water partition coefficient (Wildman–Crippen LogP) is 2.68. The molecule has 0 aliphatic carbocycles. The monoisotopic (exact) mass is 318 g/mol. The van der Waals surface area contributed by atoms with Gasteiger partial charge in [0.2, 0.25) is 0 Å². The van der Waals surface area contributed by atoms with Gasteiger partial charge in [0.15, 0.2) is 5.96 Å². The molecule has 0 radical (unpaired) electrons. The summed E-state index contributed by atoms with van der Waals surface area (Å²) in [6, 6.07) is 8.47. The molecule has 3 N–H and O–H groups in total. The third-order valence-electron chi connectivity index (χ3n) is 4.41. The number of anilines is 1. The maximum Gasteiger partial charge on any atom is 0.193 e. The summed E-state index contributed by atoms with van der Waals surface area (Å²) in [5.41, 5.74) is 8.13. The van der Waals surface area contributed by atoms with E-state index in [2.05, 4.69) is 29.1 Å². The number of nitrogens with two attached hydrogens (primary N) is 1. The van der Waals surface area contributed by atoms with Gasteiger partial charge in [0, 0.05) is 24.4 Å². The fourth-order valence-corrected chi connectivity index (χ4v) is 3.11. The summed E-state index contributed by atoms with van der Waals surface area (Å²) < 4.78 is 5.22. The molecule has 0 spiro atoms. The summed E-state index contributed by atoms with van der Waals surface area (Å²) in [5.74, 6) is 1.05. The number of guanidine groups is 1. The van der Waals surface area contributed by atoms with Crippen LogP contribution in [-0.4, -0.2) is 43.6 Å². The zero-order valence-corrected chi connectivity index (χ0v) is 14.6. The molecule has 5 nitrogen and oxygen atoms in total. The number of aliphatic imine (C=N–C) groups is 1. The number of methoxy groups -OCH3 is 1. The highest BCUT2D eigenvalue weighted by atomic mass is 16.5. The molecule has 1 aromatic rings. The van der Waals surface area contributed by atoms with Crippen molar-refractivity contribution in [2.45, 2.75) is 39.3 Å². The predicted molar refractivity (Wildman–Crippen MR) is 96.7 cm³/mol. The molecule has 1 aliphatic rings. The van der Waals surface area contributed by atoms with E-state index in [4.69, 9.17) is 10.5 Å². The molecule has 2 rings (SSSR count). The van der Waals surface area contributed by atoms with Crippen LogP contribution in [0.2, 0.25) is 0 Å². The average molecular weight is 318 g/mol. The van der Waals surface area contributed by atoms with Crippen LogP contribution in [0.1, 0.15) is 32.3 Å². The third-order valence-corrected chi connectivity index (χ3v) is 4.41. The lowest BCUT2D eigenvalue weighted by Gasteiger charge is -2.29. The van der Waals surface area contributed by atoms with Crippen molar-refractivity contribution in [3.8, 4) is 0 Å². The number of ether oxygens (including phenoxy) is 1. The Morgan fingerprint density at radius 1 is 1.30 bits per heavy atom. The summed E-state index contributed by atoms with van der Waals surface area (Å²) in [6.45, 7) is 8.18. The van der Waals surface area contributed by atoms with Crippen LogP contribution in [-0.2, 0) is 11.3 Å². The number of nitrogens with zero attached hydrogens (tertiary/aromatic N) is 2. The Kier molecular flexibility index (Phi) is 6.86. The first-order valence-corrected chi connectivity index (χ1v) is 8.49. The van der Waals surface area contributed by atoms with Crippen LogP contribution in [0.15, 0.2) is 29.3 Å². The molecule has 1 unspecified atom stereocenters. The van der Waals surface area contributed by atoms with Gasteiger partial charge in [0.25, 0.3) is 0 Å². The van der Waals surface area contributed by atoms with Gasteiger partial charge in [-0.05, 0) is 37.9 Å². The minimum Gasteiger partial charge on any atom is -0.380 e. The second kappa shape index (κ2) is 8.89. The van der Waals surface area contributed by atoms with Crippen LogP contribution in [0.25, 0.3) is 0 Å². The molecule has 23 heavy (non-hydrogen) atoms. The zero-order chi connectivity index (χ0) is 16.7. The number of hydrogen-bond acceptors (Lipinski definition) is 3. The van der Waals surface area contributed by atoms with Gasteiger partial charge in [-0.2, -0.15) is 0 Å². The lowest BCUT2D eigenvalue weighted by atomic mass is 10.0. The minimum atomic E-state index is 0.465. The van der Waals surface area contributed by atoms with Crippen LogP contribution < -0.4 is 11.1 Å². The molecule has 1 saturated heterocycles. The largest absolute Gasteiger partial charge is 0.380 e. The Hall–Kier alpha value is -1.59. The fraction of sp³-hybridized carbons (Fsp3) is 0.611. The smallest absolute Gasteiger partial charge is 0.193 e. The van der Waals surface area contributed by atoms with Crippen molar-refractivity contribution in [3.05, 3.63) is 29.8 Å². The molecular weight excluding hydrogens is 288 g/mol. The van der Waals surface area contributed by atoms with Crippen molar-refractivity contribution in [1.29, 1.82) is 0 Å². The number of hydrogen-bond donors (Lipinski definition) is 2. The van der Waals surface area contributed by atoms with E-state index < -0.39 is 0 Å². The molecule has 1 aliphatic heterocycles.